The van der Waals surface area contributed by atoms with E-state index in [0.717, 1.165) is 0 Å². The second kappa shape index (κ2) is 1.45. The molecule has 0 unspecified atom stereocenters. The normalized spacial score (nSPS) is 25.5. The molecule has 0 aliphatic carbocycles. The first-order valence-electron chi connectivity index (χ1n) is 2.50. The summed E-state index contributed by atoms with van der Waals surface area (Å²) in [5.74, 6) is -0.155. The van der Waals surface area contributed by atoms with Gasteiger partial charge in [0.1, 0.15) is 0 Å². The quantitative estimate of drug-likeness (QED) is 0.447. The van der Waals surface area contributed by atoms with Gasteiger partial charge in [-0.1, -0.05) is 5.48 Å². The minimum atomic E-state index is -0.375. The Balaban J connectivity index is 2.68. The Labute approximate surface area is 48.0 Å². The van der Waals surface area contributed by atoms with Crippen LogP contribution in [-0.2, 0) is 9.63 Å². The molecule has 1 rings (SSSR count). The summed E-state index contributed by atoms with van der Waals surface area (Å²) in [5.41, 5.74) is 2.88. The Bertz CT molecular complexity index is 120. The smallest absolute Gasteiger partial charge is 0.270 e. The maximum Gasteiger partial charge on any atom is 0.277 e. The maximum absolute atomic E-state index is 10.6. The van der Waals surface area contributed by atoms with Gasteiger partial charge in [-0.25, -0.2) is 4.84 Å². The van der Waals surface area contributed by atoms with E-state index in [9.17, 15) is 4.79 Å². The van der Waals surface area contributed by atoms with E-state index in [0.29, 0.717) is 6.61 Å². The van der Waals surface area contributed by atoms with Gasteiger partial charge in [0.05, 0.1) is 12.0 Å². The van der Waals surface area contributed by atoms with Crippen molar-refractivity contribution in [3.05, 3.63) is 0 Å². The molecule has 0 N–H and O–H groups in total. The topological polar surface area (TPSA) is 40.4 Å². The highest BCUT2D eigenvalue weighted by atomic mass is 16.7. The summed E-state index contributed by atoms with van der Waals surface area (Å²) < 4.78 is 0. The van der Waals surface area contributed by atoms with Crippen LogP contribution in [0.4, 0.5) is 0 Å². The zero-order valence-corrected chi connectivity index (χ0v) is 4.97. The van der Waals surface area contributed by atoms with Crippen molar-refractivity contribution < 1.29 is 9.63 Å². The predicted octanol–water partition coefficient (Wildman–Crippen LogP) is 0.0888. The van der Waals surface area contributed by atoms with Gasteiger partial charge in [0.25, 0.3) is 5.91 Å². The molecule has 0 aromatic heterocycles. The number of carbonyl (C=O) groups excluding carboxylic acids is 1. The Morgan fingerprint density at radius 2 is 2.38 bits per heavy atom. The third-order valence-corrected chi connectivity index (χ3v) is 1.15. The summed E-state index contributed by atoms with van der Waals surface area (Å²) in [6.07, 6.45) is 0. The summed E-state index contributed by atoms with van der Waals surface area (Å²) in [6.45, 7) is 4.05. The van der Waals surface area contributed by atoms with E-state index < -0.39 is 0 Å². The summed E-state index contributed by atoms with van der Waals surface area (Å²) in [7, 11) is 0. The predicted molar refractivity (Wildman–Crippen MR) is 26.9 cm³/mol. The molecule has 0 aromatic rings. The fourth-order valence-corrected chi connectivity index (χ4v) is 0.438. The van der Waals surface area contributed by atoms with Crippen molar-refractivity contribution in [3.63, 3.8) is 0 Å². The van der Waals surface area contributed by atoms with Crippen molar-refractivity contribution in [2.24, 2.45) is 5.41 Å². The number of hydrogen-bond donors (Lipinski definition) is 0. The molecule has 1 aliphatic heterocycles. The van der Waals surface area contributed by atoms with Gasteiger partial charge < -0.3 is 0 Å². The molecule has 1 radical (unpaired) electrons. The van der Waals surface area contributed by atoms with E-state index in [1.165, 1.54) is 0 Å². The Hall–Kier alpha value is -0.570. The second-order valence-electron chi connectivity index (χ2n) is 2.55. The average molecular weight is 114 g/mol. The minimum Gasteiger partial charge on any atom is -0.270 e. The molecule has 0 atom stereocenters. The lowest BCUT2D eigenvalue weighted by molar-refractivity contribution is -0.129. The van der Waals surface area contributed by atoms with Crippen molar-refractivity contribution in [3.8, 4) is 0 Å². The molecule has 45 valence electrons. The SMILES string of the molecule is CC1(C)CO[N]C1=O. The molecule has 0 bridgehead atoms. The summed E-state index contributed by atoms with van der Waals surface area (Å²) in [5, 5.41) is 0. The Morgan fingerprint density at radius 3 is 2.50 bits per heavy atom. The second-order valence-corrected chi connectivity index (χ2v) is 2.55. The Morgan fingerprint density at radius 1 is 1.75 bits per heavy atom. The number of hydrogen-bond acceptors (Lipinski definition) is 2. The average Bonchev–Trinajstić information content (AvgIpc) is 1.86. The highest BCUT2D eigenvalue weighted by molar-refractivity contribution is 5.81. The maximum atomic E-state index is 10.6. The molecule has 0 aromatic carbocycles. The van der Waals surface area contributed by atoms with Crippen molar-refractivity contribution in [2.45, 2.75) is 13.8 Å². The number of rotatable bonds is 0. The van der Waals surface area contributed by atoms with Crippen LogP contribution in [0.25, 0.3) is 0 Å². The van der Waals surface area contributed by atoms with E-state index in [4.69, 9.17) is 0 Å². The number of nitrogens with zero attached hydrogens (tertiary/aromatic N) is 1. The third kappa shape index (κ3) is 0.690. The van der Waals surface area contributed by atoms with E-state index in [1.807, 2.05) is 13.8 Å². The van der Waals surface area contributed by atoms with Gasteiger partial charge in [-0.3, -0.25) is 4.79 Å². The summed E-state index contributed by atoms with van der Waals surface area (Å²) in [6, 6.07) is 0. The van der Waals surface area contributed by atoms with Gasteiger partial charge in [0.15, 0.2) is 0 Å². The monoisotopic (exact) mass is 114 g/mol. The van der Waals surface area contributed by atoms with Crippen LogP contribution in [0.1, 0.15) is 13.8 Å². The van der Waals surface area contributed by atoms with Crippen LogP contribution in [-0.4, -0.2) is 12.5 Å². The zero-order chi connectivity index (χ0) is 6.20. The number of hydroxylamine groups is 1. The van der Waals surface area contributed by atoms with E-state index in [1.54, 1.807) is 0 Å². The van der Waals surface area contributed by atoms with Crippen LogP contribution >= 0.6 is 0 Å². The lowest BCUT2D eigenvalue weighted by Crippen LogP contribution is -2.22. The Kier molecular flexibility index (Phi) is 1.01. The molecular formula is C5H8NO2. The van der Waals surface area contributed by atoms with Crippen LogP contribution in [0.5, 0.6) is 0 Å². The fourth-order valence-electron chi connectivity index (χ4n) is 0.438. The molecule has 3 nitrogen and oxygen atoms in total. The molecule has 1 saturated heterocycles. The van der Waals surface area contributed by atoms with Crippen molar-refractivity contribution in [1.29, 1.82) is 0 Å². The van der Waals surface area contributed by atoms with Crippen LogP contribution in [0, 0.1) is 5.41 Å². The van der Waals surface area contributed by atoms with Gasteiger partial charge in [0, 0.05) is 0 Å². The number of amides is 1. The first-order valence-corrected chi connectivity index (χ1v) is 2.50. The van der Waals surface area contributed by atoms with Gasteiger partial charge >= 0.3 is 0 Å². The molecule has 1 aliphatic rings. The fraction of sp³-hybridized carbons (Fsp3) is 0.800. The zero-order valence-electron chi connectivity index (χ0n) is 4.97. The first-order chi connectivity index (χ1) is 3.63. The van der Waals surface area contributed by atoms with Gasteiger partial charge in [-0.15, -0.1) is 0 Å². The molecule has 3 heteroatoms. The van der Waals surface area contributed by atoms with Gasteiger partial charge in [-0.05, 0) is 13.8 Å². The molecule has 0 spiro atoms. The van der Waals surface area contributed by atoms with Crippen molar-refractivity contribution >= 4 is 5.91 Å². The van der Waals surface area contributed by atoms with Crippen molar-refractivity contribution in [1.82, 2.24) is 5.48 Å². The highest BCUT2D eigenvalue weighted by Gasteiger charge is 2.35. The van der Waals surface area contributed by atoms with Crippen LogP contribution in [0.15, 0.2) is 0 Å². The van der Waals surface area contributed by atoms with E-state index in [2.05, 4.69) is 10.3 Å². The largest absolute Gasteiger partial charge is 0.277 e. The molecule has 0 saturated carbocycles. The molecule has 1 heterocycles. The molecular weight excluding hydrogens is 106 g/mol. The van der Waals surface area contributed by atoms with Gasteiger partial charge in [-0.2, -0.15) is 0 Å². The first kappa shape index (κ1) is 5.56. The van der Waals surface area contributed by atoms with Crippen LogP contribution in [0.3, 0.4) is 0 Å². The summed E-state index contributed by atoms with van der Waals surface area (Å²) >= 11 is 0. The lowest BCUT2D eigenvalue weighted by Gasteiger charge is -2.06. The van der Waals surface area contributed by atoms with Crippen LogP contribution < -0.4 is 5.48 Å². The minimum absolute atomic E-state index is 0.155. The third-order valence-electron chi connectivity index (χ3n) is 1.15. The molecule has 1 amide bonds. The number of carbonyl (C=O) groups is 1. The van der Waals surface area contributed by atoms with E-state index >= 15 is 0 Å². The molecule has 8 heavy (non-hydrogen) atoms. The van der Waals surface area contributed by atoms with Gasteiger partial charge in [0.2, 0.25) is 0 Å². The van der Waals surface area contributed by atoms with E-state index in [-0.39, 0.29) is 11.3 Å². The van der Waals surface area contributed by atoms with Crippen LogP contribution in [0.2, 0.25) is 0 Å². The molecule has 1 fully saturated rings. The van der Waals surface area contributed by atoms with Crippen molar-refractivity contribution in [2.75, 3.05) is 6.61 Å². The summed E-state index contributed by atoms with van der Waals surface area (Å²) in [4.78, 5) is 15.2. The highest BCUT2D eigenvalue weighted by Crippen LogP contribution is 2.20. The standard InChI is InChI=1S/C5H8NO2/c1-5(2)3-8-6-4(5)7/h3H2,1-2H3. The lowest BCUT2D eigenvalue weighted by atomic mass is 9.95.